The highest BCUT2D eigenvalue weighted by Crippen LogP contribution is 2.27. The number of nitrogens with zero attached hydrogens (tertiary/aromatic N) is 4. The standard InChI is InChI=1S/C10H13N5O2S/c1-11-8(6-5-18-15-14-6)9-10(17-3)13-7(16-2)4-12-9/h4-5,8,11H,1-3H3. The van der Waals surface area contributed by atoms with Crippen molar-refractivity contribution >= 4 is 11.5 Å². The summed E-state index contributed by atoms with van der Waals surface area (Å²) in [6.07, 6.45) is 1.54. The molecule has 0 aromatic carbocycles. The van der Waals surface area contributed by atoms with E-state index in [2.05, 4.69) is 24.9 Å². The summed E-state index contributed by atoms with van der Waals surface area (Å²) < 4.78 is 14.1. The van der Waals surface area contributed by atoms with Crippen LogP contribution in [0.4, 0.5) is 0 Å². The predicted octanol–water partition coefficient (Wildman–Crippen LogP) is 0.654. The van der Waals surface area contributed by atoms with Crippen LogP contribution >= 0.6 is 11.5 Å². The van der Waals surface area contributed by atoms with Crippen LogP contribution in [0.15, 0.2) is 11.6 Å². The van der Waals surface area contributed by atoms with Crippen molar-refractivity contribution in [1.29, 1.82) is 0 Å². The van der Waals surface area contributed by atoms with Crippen LogP contribution in [-0.2, 0) is 0 Å². The minimum atomic E-state index is -0.211. The van der Waals surface area contributed by atoms with E-state index in [9.17, 15) is 0 Å². The molecule has 0 amide bonds. The van der Waals surface area contributed by atoms with Crippen LogP contribution in [0.2, 0.25) is 0 Å². The van der Waals surface area contributed by atoms with Crippen molar-refractivity contribution in [2.45, 2.75) is 6.04 Å². The fourth-order valence-corrected chi connectivity index (χ4v) is 2.01. The van der Waals surface area contributed by atoms with Gasteiger partial charge in [-0.2, -0.15) is 4.98 Å². The van der Waals surface area contributed by atoms with Gasteiger partial charge in [-0.3, -0.25) is 0 Å². The molecule has 1 unspecified atom stereocenters. The predicted molar refractivity (Wildman–Crippen MR) is 65.9 cm³/mol. The quantitative estimate of drug-likeness (QED) is 0.851. The molecule has 0 fully saturated rings. The Kier molecular flexibility index (Phi) is 4.00. The van der Waals surface area contributed by atoms with Gasteiger partial charge in [-0.15, -0.1) is 5.10 Å². The Morgan fingerprint density at radius 3 is 2.72 bits per heavy atom. The van der Waals surface area contributed by atoms with E-state index in [0.29, 0.717) is 17.5 Å². The normalized spacial score (nSPS) is 12.2. The largest absolute Gasteiger partial charge is 0.480 e. The highest BCUT2D eigenvalue weighted by molar-refractivity contribution is 7.03. The van der Waals surface area contributed by atoms with Crippen molar-refractivity contribution in [3.8, 4) is 11.8 Å². The lowest BCUT2D eigenvalue weighted by atomic mass is 10.1. The van der Waals surface area contributed by atoms with E-state index in [-0.39, 0.29) is 6.04 Å². The molecule has 8 heteroatoms. The average molecular weight is 267 g/mol. The third-order valence-electron chi connectivity index (χ3n) is 2.38. The maximum atomic E-state index is 5.23. The van der Waals surface area contributed by atoms with Gasteiger partial charge in [-0.25, -0.2) is 4.98 Å². The lowest BCUT2D eigenvalue weighted by Gasteiger charge is -2.15. The Hall–Kier alpha value is -1.80. The second-order valence-corrected chi connectivity index (χ2v) is 3.97. The minimum Gasteiger partial charge on any atom is -0.480 e. The van der Waals surface area contributed by atoms with Crippen molar-refractivity contribution in [2.24, 2.45) is 0 Å². The number of nitrogens with one attached hydrogen (secondary N) is 1. The van der Waals surface area contributed by atoms with Crippen molar-refractivity contribution in [3.05, 3.63) is 23.0 Å². The molecule has 2 heterocycles. The van der Waals surface area contributed by atoms with Crippen LogP contribution in [0.5, 0.6) is 11.8 Å². The Morgan fingerprint density at radius 2 is 2.17 bits per heavy atom. The number of hydrogen-bond acceptors (Lipinski definition) is 8. The van der Waals surface area contributed by atoms with Crippen LogP contribution < -0.4 is 14.8 Å². The first-order chi connectivity index (χ1) is 8.80. The Bertz CT molecular complexity index is 505. The topological polar surface area (TPSA) is 82.1 Å². The summed E-state index contributed by atoms with van der Waals surface area (Å²) in [5.41, 5.74) is 1.42. The molecule has 1 atom stereocenters. The van der Waals surface area contributed by atoms with Crippen molar-refractivity contribution in [3.63, 3.8) is 0 Å². The Labute approximate surface area is 108 Å². The monoisotopic (exact) mass is 267 g/mol. The van der Waals surface area contributed by atoms with E-state index in [4.69, 9.17) is 9.47 Å². The summed E-state index contributed by atoms with van der Waals surface area (Å²) in [5.74, 6) is 0.809. The fourth-order valence-electron chi connectivity index (χ4n) is 1.54. The van der Waals surface area contributed by atoms with E-state index in [0.717, 1.165) is 5.69 Å². The molecule has 18 heavy (non-hydrogen) atoms. The number of hydrogen-bond donors (Lipinski definition) is 1. The summed E-state index contributed by atoms with van der Waals surface area (Å²) in [6, 6.07) is -0.211. The first-order valence-electron chi connectivity index (χ1n) is 5.19. The highest BCUT2D eigenvalue weighted by atomic mass is 32.1. The second-order valence-electron chi connectivity index (χ2n) is 3.36. The SMILES string of the molecule is CNC(c1csnn1)c1ncc(OC)nc1OC. The molecule has 0 spiro atoms. The second kappa shape index (κ2) is 5.69. The summed E-state index contributed by atoms with van der Waals surface area (Å²) in [7, 11) is 4.89. The van der Waals surface area contributed by atoms with Gasteiger partial charge in [-0.05, 0) is 18.6 Å². The molecule has 0 radical (unpaired) electrons. The van der Waals surface area contributed by atoms with Crippen LogP contribution in [0, 0.1) is 0 Å². The zero-order valence-electron chi connectivity index (χ0n) is 10.2. The maximum Gasteiger partial charge on any atom is 0.240 e. The molecule has 0 saturated heterocycles. The van der Waals surface area contributed by atoms with Gasteiger partial charge in [0, 0.05) is 5.38 Å². The van der Waals surface area contributed by atoms with Crippen LogP contribution in [0.3, 0.4) is 0 Å². The zero-order valence-corrected chi connectivity index (χ0v) is 11.1. The molecule has 0 aliphatic carbocycles. The molecule has 2 aromatic rings. The van der Waals surface area contributed by atoms with Gasteiger partial charge >= 0.3 is 0 Å². The molecule has 7 nitrogen and oxygen atoms in total. The van der Waals surface area contributed by atoms with Crippen LogP contribution in [0.1, 0.15) is 17.4 Å². The van der Waals surface area contributed by atoms with E-state index >= 15 is 0 Å². The third-order valence-corrected chi connectivity index (χ3v) is 2.91. The summed E-state index contributed by atoms with van der Waals surface area (Å²) >= 11 is 1.28. The van der Waals surface area contributed by atoms with Crippen molar-refractivity contribution < 1.29 is 9.47 Å². The minimum absolute atomic E-state index is 0.211. The maximum absolute atomic E-state index is 5.23. The molecule has 2 rings (SSSR count). The van der Waals surface area contributed by atoms with Crippen molar-refractivity contribution in [2.75, 3.05) is 21.3 Å². The molecular formula is C10H13N5O2S. The smallest absolute Gasteiger partial charge is 0.240 e. The van der Waals surface area contributed by atoms with Gasteiger partial charge in [0.1, 0.15) is 11.7 Å². The fraction of sp³-hybridized carbons (Fsp3) is 0.400. The molecule has 0 aliphatic heterocycles. The van der Waals surface area contributed by atoms with E-state index in [1.165, 1.54) is 18.6 Å². The van der Waals surface area contributed by atoms with Gasteiger partial charge in [-0.1, -0.05) is 4.49 Å². The highest BCUT2D eigenvalue weighted by Gasteiger charge is 2.22. The number of rotatable bonds is 5. The third kappa shape index (κ3) is 2.39. The van der Waals surface area contributed by atoms with Crippen LogP contribution in [-0.4, -0.2) is 40.8 Å². The first kappa shape index (κ1) is 12.7. The molecular weight excluding hydrogens is 254 g/mol. The lowest BCUT2D eigenvalue weighted by Crippen LogP contribution is -2.20. The Balaban J connectivity index is 2.42. The first-order valence-corrected chi connectivity index (χ1v) is 6.03. The molecule has 0 bridgehead atoms. The number of aromatic nitrogens is 4. The van der Waals surface area contributed by atoms with Gasteiger partial charge in [0.25, 0.3) is 0 Å². The Morgan fingerprint density at radius 1 is 1.33 bits per heavy atom. The number of methoxy groups -OCH3 is 2. The summed E-state index contributed by atoms with van der Waals surface area (Å²) in [4.78, 5) is 8.51. The van der Waals surface area contributed by atoms with Gasteiger partial charge in [0.2, 0.25) is 11.8 Å². The summed E-state index contributed by atoms with van der Waals surface area (Å²) in [6.45, 7) is 0. The lowest BCUT2D eigenvalue weighted by molar-refractivity contribution is 0.353. The zero-order chi connectivity index (χ0) is 13.0. The molecule has 96 valence electrons. The van der Waals surface area contributed by atoms with Gasteiger partial charge in [0.05, 0.1) is 26.1 Å². The van der Waals surface area contributed by atoms with E-state index < -0.39 is 0 Å². The van der Waals surface area contributed by atoms with Gasteiger partial charge < -0.3 is 14.8 Å². The molecule has 0 saturated carbocycles. The molecule has 0 aliphatic rings. The average Bonchev–Trinajstić information content (AvgIpc) is 2.94. The molecule has 2 aromatic heterocycles. The van der Waals surface area contributed by atoms with Crippen molar-refractivity contribution in [1.82, 2.24) is 24.9 Å². The molecule has 1 N–H and O–H groups in total. The van der Waals surface area contributed by atoms with E-state index in [1.807, 2.05) is 12.4 Å². The van der Waals surface area contributed by atoms with E-state index in [1.54, 1.807) is 13.3 Å². The van der Waals surface area contributed by atoms with Gasteiger partial charge in [0.15, 0.2) is 0 Å². The number of ether oxygens (including phenoxy) is 2. The summed E-state index contributed by atoms with van der Waals surface area (Å²) in [5, 5.41) is 9.00. The van der Waals surface area contributed by atoms with Crippen LogP contribution in [0.25, 0.3) is 0 Å².